The van der Waals surface area contributed by atoms with Crippen LogP contribution >= 0.6 is 11.3 Å². The number of carboxylic acids is 1. The minimum Gasteiger partial charge on any atom is -0.481 e. The average molecular weight is 273 g/mol. The summed E-state index contributed by atoms with van der Waals surface area (Å²) in [6, 6.07) is 0. The van der Waals surface area contributed by atoms with Gasteiger partial charge in [0.1, 0.15) is 0 Å². The molecular formula is C11H15NO3S2. The number of carboxylic acid groups (broad SMARTS) is 1. The predicted molar refractivity (Wildman–Crippen MR) is 67.5 cm³/mol. The topological polar surface area (TPSA) is 67.3 Å². The van der Waals surface area contributed by atoms with Crippen LogP contribution < -0.4 is 0 Å². The number of aromatic nitrogens is 1. The number of nitrogens with zero attached hydrogens (tertiary/aromatic N) is 1. The summed E-state index contributed by atoms with van der Waals surface area (Å²) in [4.78, 5) is 15.0. The molecule has 0 bridgehead atoms. The normalized spacial score (nSPS) is 18.9. The molecule has 94 valence electrons. The minimum atomic E-state index is -1.00. The van der Waals surface area contributed by atoms with Gasteiger partial charge in [-0.05, 0) is 25.2 Å². The fraction of sp³-hybridized carbons (Fsp3) is 0.636. The van der Waals surface area contributed by atoms with Crippen molar-refractivity contribution in [3.05, 3.63) is 16.1 Å². The first-order chi connectivity index (χ1) is 7.99. The van der Waals surface area contributed by atoms with E-state index in [4.69, 9.17) is 5.11 Å². The molecule has 0 amide bonds. The maximum Gasteiger partial charge on any atom is 0.303 e. The van der Waals surface area contributed by atoms with E-state index in [1.165, 1.54) is 0 Å². The van der Waals surface area contributed by atoms with Gasteiger partial charge in [0.2, 0.25) is 0 Å². The van der Waals surface area contributed by atoms with Gasteiger partial charge in [0, 0.05) is 21.9 Å². The lowest BCUT2D eigenvalue weighted by Crippen LogP contribution is -2.17. The Labute approximate surface area is 107 Å². The van der Waals surface area contributed by atoms with E-state index in [-0.39, 0.29) is 11.8 Å². The predicted octanol–water partition coefficient (Wildman–Crippen LogP) is 1.96. The zero-order valence-electron chi connectivity index (χ0n) is 9.64. The van der Waals surface area contributed by atoms with Gasteiger partial charge < -0.3 is 5.11 Å². The average Bonchev–Trinajstić information content (AvgIpc) is 2.80. The maximum absolute atomic E-state index is 11.9. The highest BCUT2D eigenvalue weighted by Crippen LogP contribution is 2.49. The summed E-state index contributed by atoms with van der Waals surface area (Å²) < 4.78 is 11.9. The number of hydrogen-bond donors (Lipinski definition) is 1. The van der Waals surface area contributed by atoms with Gasteiger partial charge in [0.25, 0.3) is 0 Å². The summed E-state index contributed by atoms with van der Waals surface area (Å²) in [7, 11) is -1.00. The molecule has 1 aliphatic carbocycles. The third-order valence-electron chi connectivity index (χ3n) is 2.93. The first-order valence-corrected chi connectivity index (χ1v) is 7.84. The van der Waals surface area contributed by atoms with Crippen LogP contribution in [0, 0.1) is 12.3 Å². The van der Waals surface area contributed by atoms with E-state index in [1.807, 2.05) is 12.3 Å². The molecule has 1 unspecified atom stereocenters. The number of rotatable bonds is 6. The van der Waals surface area contributed by atoms with E-state index >= 15 is 0 Å². The lowest BCUT2D eigenvalue weighted by atomic mass is 10.1. The van der Waals surface area contributed by atoms with Crippen molar-refractivity contribution in [2.24, 2.45) is 5.41 Å². The molecule has 6 heteroatoms. The number of thiazole rings is 1. The Morgan fingerprint density at radius 2 is 2.35 bits per heavy atom. The molecule has 0 saturated heterocycles. The number of carbonyl (C=O) groups is 1. The number of aryl methyl sites for hydroxylation is 1. The van der Waals surface area contributed by atoms with Crippen LogP contribution in [0.3, 0.4) is 0 Å². The van der Waals surface area contributed by atoms with Crippen LogP contribution in [0.25, 0.3) is 0 Å². The van der Waals surface area contributed by atoms with Gasteiger partial charge in [-0.15, -0.1) is 11.3 Å². The van der Waals surface area contributed by atoms with E-state index in [0.29, 0.717) is 11.5 Å². The third kappa shape index (κ3) is 3.61. The number of hydrogen-bond acceptors (Lipinski definition) is 4. The molecule has 0 spiro atoms. The van der Waals surface area contributed by atoms with Crippen LogP contribution in [-0.2, 0) is 21.3 Å². The van der Waals surface area contributed by atoms with Crippen molar-refractivity contribution in [1.29, 1.82) is 0 Å². The molecule has 2 rings (SSSR count). The highest BCUT2D eigenvalue weighted by Gasteiger charge is 2.45. The summed E-state index contributed by atoms with van der Waals surface area (Å²) in [5.41, 5.74) is 0.666. The maximum atomic E-state index is 11.9. The molecule has 17 heavy (non-hydrogen) atoms. The van der Waals surface area contributed by atoms with Crippen molar-refractivity contribution in [2.45, 2.75) is 31.9 Å². The Morgan fingerprint density at radius 1 is 1.65 bits per heavy atom. The first kappa shape index (κ1) is 12.7. The minimum absolute atomic E-state index is 0.148. The van der Waals surface area contributed by atoms with E-state index in [1.54, 1.807) is 11.3 Å². The summed E-state index contributed by atoms with van der Waals surface area (Å²) >= 11 is 1.55. The van der Waals surface area contributed by atoms with E-state index in [2.05, 4.69) is 4.98 Å². The van der Waals surface area contributed by atoms with Crippen molar-refractivity contribution in [3.63, 3.8) is 0 Å². The summed E-state index contributed by atoms with van der Waals surface area (Å²) in [5.74, 6) is 0.158. The zero-order chi connectivity index (χ0) is 12.5. The van der Waals surface area contributed by atoms with Crippen LogP contribution in [0.1, 0.15) is 30.0 Å². The monoisotopic (exact) mass is 273 g/mol. The molecule has 0 aliphatic heterocycles. The lowest BCUT2D eigenvalue weighted by Gasteiger charge is -2.10. The van der Waals surface area contributed by atoms with Crippen molar-refractivity contribution < 1.29 is 14.1 Å². The largest absolute Gasteiger partial charge is 0.481 e. The second kappa shape index (κ2) is 4.86. The lowest BCUT2D eigenvalue weighted by molar-refractivity contribution is -0.138. The van der Waals surface area contributed by atoms with Crippen LogP contribution in [0.15, 0.2) is 5.38 Å². The Bertz CT molecular complexity index is 451. The Balaban J connectivity index is 1.87. The molecule has 0 radical (unpaired) electrons. The van der Waals surface area contributed by atoms with Gasteiger partial charge >= 0.3 is 5.97 Å². The van der Waals surface area contributed by atoms with Crippen molar-refractivity contribution in [3.8, 4) is 0 Å². The quantitative estimate of drug-likeness (QED) is 0.860. The highest BCUT2D eigenvalue weighted by molar-refractivity contribution is 7.84. The summed E-state index contributed by atoms with van der Waals surface area (Å²) in [6.07, 6.45) is 1.93. The molecule has 1 saturated carbocycles. The van der Waals surface area contributed by atoms with E-state index < -0.39 is 16.8 Å². The fourth-order valence-electron chi connectivity index (χ4n) is 1.90. The second-order valence-electron chi connectivity index (χ2n) is 4.66. The van der Waals surface area contributed by atoms with Crippen molar-refractivity contribution >= 4 is 28.1 Å². The van der Waals surface area contributed by atoms with Crippen molar-refractivity contribution in [1.82, 2.24) is 4.98 Å². The van der Waals surface area contributed by atoms with Gasteiger partial charge in [-0.25, -0.2) is 4.98 Å². The molecule has 4 nitrogen and oxygen atoms in total. The van der Waals surface area contributed by atoms with Gasteiger partial charge in [-0.1, -0.05) is 0 Å². The molecule has 1 atom stereocenters. The van der Waals surface area contributed by atoms with Gasteiger partial charge in [-0.2, -0.15) is 0 Å². The zero-order valence-corrected chi connectivity index (χ0v) is 11.3. The SMILES string of the molecule is Cc1nc(CS(=O)CC2(CC(=O)O)CC2)cs1. The third-order valence-corrected chi connectivity index (χ3v) is 5.30. The van der Waals surface area contributed by atoms with Crippen LogP contribution in [0.5, 0.6) is 0 Å². The van der Waals surface area contributed by atoms with Crippen LogP contribution in [0.2, 0.25) is 0 Å². The molecule has 1 aromatic heterocycles. The van der Waals surface area contributed by atoms with Gasteiger partial charge in [0.15, 0.2) is 0 Å². The molecule has 1 heterocycles. The Morgan fingerprint density at radius 3 is 2.82 bits per heavy atom. The Kier molecular flexibility index (Phi) is 3.63. The van der Waals surface area contributed by atoms with Gasteiger partial charge in [0.05, 0.1) is 22.9 Å². The summed E-state index contributed by atoms with van der Waals surface area (Å²) in [5, 5.41) is 11.7. The smallest absolute Gasteiger partial charge is 0.303 e. The number of aliphatic carboxylic acids is 1. The molecule has 1 aliphatic rings. The molecule has 1 aromatic rings. The van der Waals surface area contributed by atoms with Crippen LogP contribution in [0.4, 0.5) is 0 Å². The molecule has 1 N–H and O–H groups in total. The van der Waals surface area contributed by atoms with Gasteiger partial charge in [-0.3, -0.25) is 9.00 Å². The molecule has 1 fully saturated rings. The molecule has 0 aromatic carbocycles. The highest BCUT2D eigenvalue weighted by atomic mass is 32.2. The molecular weight excluding hydrogens is 258 g/mol. The Hall–Kier alpha value is -0.750. The van der Waals surface area contributed by atoms with E-state index in [9.17, 15) is 9.00 Å². The summed E-state index contributed by atoms with van der Waals surface area (Å²) in [6.45, 7) is 1.92. The standard InChI is InChI=1S/C11H15NO3S2/c1-8-12-9(5-16-8)6-17(15)7-11(2-3-11)4-10(13)14/h5H,2-4,6-7H2,1H3,(H,13,14). The van der Waals surface area contributed by atoms with E-state index in [0.717, 1.165) is 23.5 Å². The van der Waals surface area contributed by atoms with Crippen LogP contribution in [-0.4, -0.2) is 26.0 Å². The van der Waals surface area contributed by atoms with Crippen molar-refractivity contribution in [2.75, 3.05) is 5.75 Å². The second-order valence-corrected chi connectivity index (χ2v) is 7.18. The first-order valence-electron chi connectivity index (χ1n) is 5.47. The fourth-order valence-corrected chi connectivity index (χ4v) is 4.27.